The van der Waals surface area contributed by atoms with E-state index >= 15 is 0 Å². The zero-order valence-electron chi connectivity index (χ0n) is 5.63. The molecule has 9 heavy (non-hydrogen) atoms. The van der Waals surface area contributed by atoms with Gasteiger partial charge in [-0.15, -0.1) is 0 Å². The molecule has 1 heterocycles. The van der Waals surface area contributed by atoms with E-state index in [-0.39, 0.29) is 0 Å². The highest BCUT2D eigenvalue weighted by molar-refractivity contribution is 6.02. The van der Waals surface area contributed by atoms with Crippen molar-refractivity contribution in [3.63, 3.8) is 0 Å². The largest absolute Gasteiger partial charge is 0.266 e. The van der Waals surface area contributed by atoms with E-state index in [1.165, 1.54) is 6.34 Å². The van der Waals surface area contributed by atoms with Gasteiger partial charge in [0.2, 0.25) is 0 Å². The molecule has 0 unspecified atom stereocenters. The molecule has 1 aliphatic heterocycles. The summed E-state index contributed by atoms with van der Waals surface area (Å²) in [4.78, 5) is 3.95. The van der Waals surface area contributed by atoms with E-state index < -0.39 is 0 Å². The number of nitrogens with zero attached hydrogens (tertiary/aromatic N) is 3. The maximum Gasteiger partial charge on any atom is 0.136 e. The van der Waals surface area contributed by atoms with Crippen LogP contribution in [0.4, 0.5) is 0 Å². The fourth-order valence-electron chi connectivity index (χ4n) is 0.568. The van der Waals surface area contributed by atoms with Gasteiger partial charge < -0.3 is 0 Å². The molecule has 3 heteroatoms. The molecule has 0 spiro atoms. The first-order valence-electron chi connectivity index (χ1n) is 2.71. The highest BCUT2D eigenvalue weighted by atomic mass is 15.5. The van der Waals surface area contributed by atoms with Crippen LogP contribution in [0.25, 0.3) is 0 Å². The second kappa shape index (κ2) is 2.01. The molecule has 0 amide bonds. The monoisotopic (exact) mass is 123 g/mol. The highest BCUT2D eigenvalue weighted by Crippen LogP contribution is 2.04. The molecule has 0 fully saturated rings. The van der Waals surface area contributed by atoms with Gasteiger partial charge in [-0.05, 0) is 6.92 Å². The Labute approximate surface area is 54.4 Å². The van der Waals surface area contributed by atoms with Gasteiger partial charge in [0.1, 0.15) is 6.34 Å². The number of allylic oxidation sites excluding steroid dienone is 1. The Hall–Kier alpha value is -1.12. The van der Waals surface area contributed by atoms with E-state index in [1.807, 2.05) is 14.0 Å². The topological polar surface area (TPSA) is 28.0 Å². The third-order valence-electron chi connectivity index (χ3n) is 1.28. The predicted molar refractivity (Wildman–Crippen MR) is 38.5 cm³/mol. The highest BCUT2D eigenvalue weighted by Gasteiger charge is 2.05. The summed E-state index contributed by atoms with van der Waals surface area (Å²) in [5, 5.41) is 5.58. The average molecular weight is 123 g/mol. The third kappa shape index (κ3) is 0.988. The maximum absolute atomic E-state index is 3.95. The summed E-state index contributed by atoms with van der Waals surface area (Å²) in [5.41, 5.74) is 1.78. The van der Waals surface area contributed by atoms with Crippen LogP contribution in [0.15, 0.2) is 22.4 Å². The normalized spacial score (nSPS) is 18.2. The molecule has 48 valence electrons. The van der Waals surface area contributed by atoms with Gasteiger partial charge >= 0.3 is 0 Å². The molecule has 0 N–H and O–H groups in total. The fourth-order valence-corrected chi connectivity index (χ4v) is 0.568. The van der Waals surface area contributed by atoms with E-state index in [2.05, 4.69) is 16.7 Å². The third-order valence-corrected chi connectivity index (χ3v) is 1.28. The minimum absolute atomic E-state index is 0.859. The first-order chi connectivity index (χ1) is 4.22. The lowest BCUT2D eigenvalue weighted by Gasteiger charge is -2.17. The van der Waals surface area contributed by atoms with Crippen LogP contribution < -0.4 is 0 Å². The molecule has 1 rings (SSSR count). The van der Waals surface area contributed by atoms with Crippen molar-refractivity contribution in [2.75, 3.05) is 7.05 Å². The molecule has 0 aromatic rings. The molecule has 0 aliphatic carbocycles. The van der Waals surface area contributed by atoms with Crippen LogP contribution in [0.1, 0.15) is 6.92 Å². The lowest BCUT2D eigenvalue weighted by atomic mass is 10.3. The van der Waals surface area contributed by atoms with E-state index in [1.54, 1.807) is 5.01 Å². The van der Waals surface area contributed by atoms with Crippen molar-refractivity contribution >= 4 is 12.1 Å². The molecule has 0 aromatic heterocycles. The minimum atomic E-state index is 0.859. The van der Waals surface area contributed by atoms with Crippen molar-refractivity contribution in [3.05, 3.63) is 12.3 Å². The standard InChI is InChI=1S/C6H9N3/c1-5-6(2)9(3)8-4-7-5/h4H,2H2,1,3H3. The number of rotatable bonds is 0. The quantitative estimate of drug-likeness (QED) is 0.469. The Morgan fingerprint density at radius 1 is 1.67 bits per heavy atom. The summed E-state index contributed by atoms with van der Waals surface area (Å²) in [6.45, 7) is 5.66. The SMILES string of the molecule is C=C1C(C)=NC=NN1C. The van der Waals surface area contributed by atoms with E-state index in [9.17, 15) is 0 Å². The maximum atomic E-state index is 3.95. The van der Waals surface area contributed by atoms with Crippen LogP contribution in [-0.2, 0) is 0 Å². The van der Waals surface area contributed by atoms with Gasteiger partial charge in [0.05, 0.1) is 11.4 Å². The first-order valence-corrected chi connectivity index (χ1v) is 2.71. The van der Waals surface area contributed by atoms with Gasteiger partial charge in [-0.1, -0.05) is 6.58 Å². The van der Waals surface area contributed by atoms with Crippen LogP contribution in [0.3, 0.4) is 0 Å². The minimum Gasteiger partial charge on any atom is -0.266 e. The molecule has 0 bridgehead atoms. The second-order valence-corrected chi connectivity index (χ2v) is 1.92. The molecule has 0 aromatic carbocycles. The number of hydrazone groups is 1. The predicted octanol–water partition coefficient (Wildman–Crippen LogP) is 0.850. The summed E-state index contributed by atoms with van der Waals surface area (Å²) in [5.74, 6) is 0. The summed E-state index contributed by atoms with van der Waals surface area (Å²) < 4.78 is 0. The molecule has 0 saturated heterocycles. The van der Waals surface area contributed by atoms with Crippen molar-refractivity contribution in [2.24, 2.45) is 10.1 Å². The Morgan fingerprint density at radius 3 is 2.78 bits per heavy atom. The van der Waals surface area contributed by atoms with Gasteiger partial charge in [-0.25, -0.2) is 4.99 Å². The smallest absolute Gasteiger partial charge is 0.136 e. The Morgan fingerprint density at radius 2 is 2.33 bits per heavy atom. The van der Waals surface area contributed by atoms with Crippen molar-refractivity contribution in [1.29, 1.82) is 0 Å². The zero-order valence-corrected chi connectivity index (χ0v) is 5.63. The average Bonchev–Trinajstić information content (AvgIpc) is 1.83. The first kappa shape index (κ1) is 6.01. The Kier molecular flexibility index (Phi) is 1.34. The van der Waals surface area contributed by atoms with Crippen LogP contribution in [0.5, 0.6) is 0 Å². The van der Waals surface area contributed by atoms with Crippen LogP contribution in [0.2, 0.25) is 0 Å². The fraction of sp³-hybridized carbons (Fsp3) is 0.333. The van der Waals surface area contributed by atoms with Gasteiger partial charge in [0.15, 0.2) is 0 Å². The van der Waals surface area contributed by atoms with Crippen LogP contribution >= 0.6 is 0 Å². The summed E-state index contributed by atoms with van der Waals surface area (Å²) in [7, 11) is 1.84. The van der Waals surface area contributed by atoms with Gasteiger partial charge in [-0.3, -0.25) is 5.01 Å². The lowest BCUT2D eigenvalue weighted by molar-refractivity contribution is 0.468. The molecule has 0 atom stereocenters. The van der Waals surface area contributed by atoms with E-state index in [0.717, 1.165) is 11.4 Å². The van der Waals surface area contributed by atoms with Gasteiger partial charge in [0, 0.05) is 7.05 Å². The van der Waals surface area contributed by atoms with Crippen LogP contribution in [0, 0.1) is 0 Å². The Balaban J connectivity index is 2.86. The zero-order chi connectivity index (χ0) is 6.85. The van der Waals surface area contributed by atoms with E-state index in [4.69, 9.17) is 0 Å². The lowest BCUT2D eigenvalue weighted by Crippen LogP contribution is -2.18. The van der Waals surface area contributed by atoms with Crippen molar-refractivity contribution < 1.29 is 0 Å². The second-order valence-electron chi connectivity index (χ2n) is 1.92. The molecule has 0 radical (unpaired) electrons. The molecular weight excluding hydrogens is 114 g/mol. The summed E-state index contributed by atoms with van der Waals surface area (Å²) in [6, 6.07) is 0. The summed E-state index contributed by atoms with van der Waals surface area (Å²) >= 11 is 0. The number of hydrogen-bond donors (Lipinski definition) is 0. The van der Waals surface area contributed by atoms with Gasteiger partial charge in [-0.2, -0.15) is 5.10 Å². The van der Waals surface area contributed by atoms with Crippen LogP contribution in [-0.4, -0.2) is 24.1 Å². The van der Waals surface area contributed by atoms with Crippen molar-refractivity contribution in [1.82, 2.24) is 5.01 Å². The van der Waals surface area contributed by atoms with Gasteiger partial charge in [0.25, 0.3) is 0 Å². The Bertz CT molecular complexity index is 190. The van der Waals surface area contributed by atoms with Crippen molar-refractivity contribution in [3.8, 4) is 0 Å². The summed E-state index contributed by atoms with van der Waals surface area (Å²) in [6.07, 6.45) is 1.52. The number of hydrogen-bond acceptors (Lipinski definition) is 3. The van der Waals surface area contributed by atoms with E-state index in [0.29, 0.717) is 0 Å². The molecule has 1 aliphatic rings. The molecule has 3 nitrogen and oxygen atoms in total. The number of aliphatic imine (C=N–C) groups is 1. The molecule has 0 saturated carbocycles. The van der Waals surface area contributed by atoms with Crippen molar-refractivity contribution in [2.45, 2.75) is 6.92 Å². The molecular formula is C6H9N3.